The van der Waals surface area contributed by atoms with E-state index in [0.29, 0.717) is 28.4 Å². The van der Waals surface area contributed by atoms with Crippen molar-refractivity contribution in [3.05, 3.63) is 66.7 Å². The molecule has 0 spiro atoms. The first-order valence-corrected chi connectivity index (χ1v) is 8.83. The van der Waals surface area contributed by atoms with Crippen molar-refractivity contribution in [1.82, 2.24) is 4.98 Å². The molecular formula is C22H22N4O3. The molecule has 0 fully saturated rings. The molecule has 0 atom stereocenters. The second-order valence-electron chi connectivity index (χ2n) is 6.18. The average molecular weight is 390 g/mol. The summed E-state index contributed by atoms with van der Waals surface area (Å²) in [5.74, 6) is 1.53. The van der Waals surface area contributed by atoms with Gasteiger partial charge in [-0.05, 0) is 31.2 Å². The summed E-state index contributed by atoms with van der Waals surface area (Å²) in [6.45, 7) is 5.45. The van der Waals surface area contributed by atoms with E-state index >= 15 is 0 Å². The van der Waals surface area contributed by atoms with Gasteiger partial charge in [0.2, 0.25) is 0 Å². The molecule has 29 heavy (non-hydrogen) atoms. The highest BCUT2D eigenvalue weighted by Crippen LogP contribution is 2.41. The van der Waals surface area contributed by atoms with Crippen molar-refractivity contribution in [2.75, 3.05) is 24.4 Å². The normalized spacial score (nSPS) is 10.2. The van der Waals surface area contributed by atoms with Gasteiger partial charge in [-0.2, -0.15) is 0 Å². The number of anilines is 3. The first-order chi connectivity index (χ1) is 14.0. The third-order valence-electron chi connectivity index (χ3n) is 4.41. The van der Waals surface area contributed by atoms with E-state index < -0.39 is 6.03 Å². The van der Waals surface area contributed by atoms with Crippen LogP contribution < -0.4 is 25.4 Å². The summed E-state index contributed by atoms with van der Waals surface area (Å²) in [6, 6.07) is 12.4. The number of nitrogens with one attached hydrogen (secondary N) is 1. The number of primary amides is 1. The van der Waals surface area contributed by atoms with Crippen molar-refractivity contribution in [2.45, 2.75) is 6.92 Å². The first kappa shape index (κ1) is 19.8. The Labute approximate surface area is 169 Å². The van der Waals surface area contributed by atoms with Crippen LogP contribution in [0.3, 0.4) is 0 Å². The van der Waals surface area contributed by atoms with Crippen molar-refractivity contribution in [3.63, 3.8) is 0 Å². The van der Waals surface area contributed by atoms with Crippen molar-refractivity contribution in [1.29, 1.82) is 0 Å². The Morgan fingerprint density at radius 1 is 1.17 bits per heavy atom. The minimum absolute atomic E-state index is 0.457. The summed E-state index contributed by atoms with van der Waals surface area (Å²) in [7, 11) is 3.12. The Bertz CT molecular complexity index is 1100. The van der Waals surface area contributed by atoms with Gasteiger partial charge in [0.25, 0.3) is 0 Å². The summed E-state index contributed by atoms with van der Waals surface area (Å²) in [4.78, 5) is 18.2. The van der Waals surface area contributed by atoms with Crippen molar-refractivity contribution >= 4 is 34.0 Å². The molecule has 0 saturated carbocycles. The Morgan fingerprint density at radius 3 is 2.34 bits per heavy atom. The Balaban J connectivity index is 2.38. The lowest BCUT2D eigenvalue weighted by Gasteiger charge is -2.23. The van der Waals surface area contributed by atoms with E-state index in [1.54, 1.807) is 20.3 Å². The number of methoxy groups -OCH3 is 2. The number of benzene rings is 2. The van der Waals surface area contributed by atoms with Crippen LogP contribution >= 0.6 is 0 Å². The van der Waals surface area contributed by atoms with Gasteiger partial charge in [-0.15, -0.1) is 5.73 Å². The monoisotopic (exact) mass is 390 g/mol. The topological polar surface area (TPSA) is 89.7 Å². The highest BCUT2D eigenvalue weighted by atomic mass is 16.5. The van der Waals surface area contributed by atoms with Crippen LogP contribution in [0.15, 0.2) is 61.0 Å². The van der Waals surface area contributed by atoms with Crippen molar-refractivity contribution in [2.24, 2.45) is 5.73 Å². The largest absolute Gasteiger partial charge is 0.493 e. The number of carbonyl (C=O) groups is 1. The quantitative estimate of drug-likeness (QED) is 0.606. The molecule has 7 heteroatoms. The number of hydrogen-bond donors (Lipinski definition) is 2. The molecule has 0 saturated heterocycles. The van der Waals surface area contributed by atoms with Crippen LogP contribution in [-0.2, 0) is 0 Å². The maximum Gasteiger partial charge on any atom is 0.324 e. The molecule has 0 radical (unpaired) electrons. The van der Waals surface area contributed by atoms with Crippen LogP contribution in [0.1, 0.15) is 5.69 Å². The lowest BCUT2D eigenvalue weighted by molar-refractivity contribution is 0.256. The maximum absolute atomic E-state index is 12.2. The van der Waals surface area contributed by atoms with Gasteiger partial charge in [0.15, 0.2) is 17.3 Å². The predicted molar refractivity (Wildman–Crippen MR) is 115 cm³/mol. The fourth-order valence-electron chi connectivity index (χ4n) is 3.10. The van der Waals surface area contributed by atoms with E-state index in [2.05, 4.69) is 22.6 Å². The molecule has 0 aliphatic heterocycles. The second kappa shape index (κ2) is 8.37. The van der Waals surface area contributed by atoms with E-state index in [1.807, 2.05) is 43.3 Å². The number of carbonyl (C=O) groups excluding carboxylic acids is 1. The summed E-state index contributed by atoms with van der Waals surface area (Å²) >= 11 is 0. The fraction of sp³-hybridized carbons (Fsp3) is 0.136. The molecule has 0 aliphatic rings. The van der Waals surface area contributed by atoms with Gasteiger partial charge < -0.3 is 20.5 Å². The van der Waals surface area contributed by atoms with E-state index in [1.165, 1.54) is 11.1 Å². The van der Waals surface area contributed by atoms with Crippen LogP contribution in [0.2, 0.25) is 0 Å². The SMILES string of the molecule is C=C=CN(C(N)=O)c1c(Nc2ccccc2)nc(C)c2cc(OC)c(OC)cc12. The zero-order valence-electron chi connectivity index (χ0n) is 16.5. The molecule has 0 unspecified atom stereocenters. The summed E-state index contributed by atoms with van der Waals surface area (Å²) in [5.41, 5.74) is 10.3. The lowest BCUT2D eigenvalue weighted by atomic mass is 10.1. The fourth-order valence-corrected chi connectivity index (χ4v) is 3.10. The van der Waals surface area contributed by atoms with Gasteiger partial charge in [-0.25, -0.2) is 9.78 Å². The number of ether oxygens (including phenoxy) is 2. The molecule has 0 bridgehead atoms. The number of hydrogen-bond acceptors (Lipinski definition) is 5. The van der Waals surface area contributed by atoms with E-state index in [9.17, 15) is 4.79 Å². The van der Waals surface area contributed by atoms with E-state index in [0.717, 1.165) is 16.8 Å². The molecule has 0 aliphatic carbocycles. The molecule has 2 amide bonds. The van der Waals surface area contributed by atoms with E-state index in [-0.39, 0.29) is 0 Å². The smallest absolute Gasteiger partial charge is 0.324 e. The highest BCUT2D eigenvalue weighted by molar-refractivity contribution is 6.09. The predicted octanol–water partition coefficient (Wildman–Crippen LogP) is 4.49. The van der Waals surface area contributed by atoms with Crippen LogP contribution in [-0.4, -0.2) is 25.2 Å². The van der Waals surface area contributed by atoms with Gasteiger partial charge in [-0.1, -0.05) is 24.8 Å². The van der Waals surface area contributed by atoms with Gasteiger partial charge in [0, 0.05) is 22.2 Å². The van der Waals surface area contributed by atoms with Gasteiger partial charge >= 0.3 is 6.03 Å². The zero-order chi connectivity index (χ0) is 21.0. The number of rotatable bonds is 6. The van der Waals surface area contributed by atoms with Crippen LogP contribution in [0.5, 0.6) is 11.5 Å². The van der Waals surface area contributed by atoms with Crippen LogP contribution in [0, 0.1) is 6.92 Å². The van der Waals surface area contributed by atoms with Crippen LogP contribution in [0.4, 0.5) is 22.0 Å². The molecule has 7 nitrogen and oxygen atoms in total. The summed E-state index contributed by atoms with van der Waals surface area (Å²) in [5, 5.41) is 4.76. The van der Waals surface area contributed by atoms with Crippen molar-refractivity contribution in [3.8, 4) is 11.5 Å². The number of aromatic nitrogens is 1. The molecule has 1 heterocycles. The van der Waals surface area contributed by atoms with Gasteiger partial charge in [-0.3, -0.25) is 4.90 Å². The zero-order valence-corrected chi connectivity index (χ0v) is 16.5. The summed E-state index contributed by atoms with van der Waals surface area (Å²) in [6.07, 6.45) is 1.38. The van der Waals surface area contributed by atoms with Gasteiger partial charge in [0.1, 0.15) is 5.69 Å². The number of para-hydroxylation sites is 1. The third-order valence-corrected chi connectivity index (χ3v) is 4.41. The number of nitrogens with two attached hydrogens (primary N) is 1. The summed E-state index contributed by atoms with van der Waals surface area (Å²) < 4.78 is 10.9. The molecule has 3 rings (SSSR count). The number of amides is 2. The minimum atomic E-state index is -0.695. The number of aryl methyl sites for hydroxylation is 1. The number of pyridine rings is 1. The molecule has 1 aromatic heterocycles. The standard InChI is InChI=1S/C22H22N4O3/c1-5-11-26(22(23)27)20-17-13-19(29-4)18(28-3)12-16(17)14(2)24-21(20)25-15-9-7-6-8-10-15/h6-13H,1H2,2-4H3,(H2,23,27)(H,24,25). The van der Waals surface area contributed by atoms with Gasteiger partial charge in [0.05, 0.1) is 20.4 Å². The second-order valence-corrected chi connectivity index (χ2v) is 6.18. The molecule has 3 aromatic rings. The number of fused-ring (bicyclic) bond motifs is 1. The third kappa shape index (κ3) is 3.85. The number of nitrogens with zero attached hydrogens (tertiary/aromatic N) is 2. The molecule has 2 aromatic carbocycles. The Morgan fingerprint density at radius 2 is 1.79 bits per heavy atom. The Hall–Kier alpha value is -3.96. The van der Waals surface area contributed by atoms with E-state index in [4.69, 9.17) is 15.2 Å². The van der Waals surface area contributed by atoms with Crippen LogP contribution in [0.25, 0.3) is 10.8 Å². The molecular weight excluding hydrogens is 368 g/mol. The van der Waals surface area contributed by atoms with Crippen molar-refractivity contribution < 1.29 is 14.3 Å². The molecule has 3 N–H and O–H groups in total. The number of urea groups is 1. The first-order valence-electron chi connectivity index (χ1n) is 8.83. The molecule has 148 valence electrons. The Kier molecular flexibility index (Phi) is 5.71. The average Bonchev–Trinajstić information content (AvgIpc) is 2.72. The lowest BCUT2D eigenvalue weighted by Crippen LogP contribution is -2.31. The minimum Gasteiger partial charge on any atom is -0.493 e. The maximum atomic E-state index is 12.2. The highest BCUT2D eigenvalue weighted by Gasteiger charge is 2.22.